The summed E-state index contributed by atoms with van der Waals surface area (Å²) >= 11 is 0. The van der Waals surface area contributed by atoms with Gasteiger partial charge in [-0.05, 0) is 12.1 Å². The Morgan fingerprint density at radius 2 is 2.00 bits per heavy atom. The van der Waals surface area contributed by atoms with Gasteiger partial charge in [-0.15, -0.1) is 0 Å². The minimum atomic E-state index is -2.84. The average Bonchev–Trinajstić information content (AvgIpc) is 2.48. The lowest BCUT2D eigenvalue weighted by molar-refractivity contribution is 0.513. The Bertz CT molecular complexity index is 493. The molecule has 2 aromatic rings. The van der Waals surface area contributed by atoms with Gasteiger partial charge in [-0.25, -0.2) is 0 Å². The van der Waals surface area contributed by atoms with E-state index < -0.39 is 11.0 Å². The van der Waals surface area contributed by atoms with E-state index in [4.69, 9.17) is 0 Å². The first-order valence-electron chi connectivity index (χ1n) is 3.66. The van der Waals surface area contributed by atoms with Gasteiger partial charge in [0.1, 0.15) is 0 Å². The van der Waals surface area contributed by atoms with Crippen molar-refractivity contribution in [3.8, 4) is 5.75 Å². The molecule has 2 rings (SSSR count). The van der Waals surface area contributed by atoms with Crippen LogP contribution in [0.2, 0.25) is 0 Å². The number of benzene rings is 1. The molecule has 1 N–H and O–H groups in total. The molecule has 4 nitrogen and oxygen atoms in total. The minimum Gasteiger partial charge on any atom is -0.382 e. The molecule has 0 bridgehead atoms. The number of hydrogen-bond donors (Lipinski definition) is 2. The van der Waals surface area contributed by atoms with E-state index in [9.17, 15) is 8.42 Å². The lowest BCUT2D eigenvalue weighted by Gasteiger charge is -1.92. The molecule has 68 valence electrons. The molecule has 0 aliphatic rings. The molecule has 0 radical (unpaired) electrons. The van der Waals surface area contributed by atoms with Crippen LogP contribution in [0.5, 0.6) is 5.75 Å². The first-order chi connectivity index (χ1) is 6.27. The monoisotopic (exact) mass is 197 g/mol. The van der Waals surface area contributed by atoms with Crippen LogP contribution < -0.4 is 4.18 Å². The van der Waals surface area contributed by atoms with Crippen molar-refractivity contribution in [2.24, 2.45) is 0 Å². The van der Waals surface area contributed by atoms with Crippen molar-refractivity contribution in [3.05, 3.63) is 30.5 Å². The summed E-state index contributed by atoms with van der Waals surface area (Å²) in [6.07, 6.45) is 1.52. The van der Waals surface area contributed by atoms with Gasteiger partial charge in [0.25, 0.3) is 11.0 Å². The average molecular weight is 197 g/mol. The molecular weight excluding hydrogens is 190 g/mol. The smallest absolute Gasteiger partial charge is 0.299 e. The second-order valence-electron chi connectivity index (χ2n) is 2.51. The van der Waals surface area contributed by atoms with E-state index in [-0.39, 0.29) is 0 Å². The number of hydrogen-bond acceptors (Lipinski definition) is 3. The minimum absolute atomic E-state index is 0.340. The fourth-order valence-electron chi connectivity index (χ4n) is 1.20. The number of aromatic amines is 1. The van der Waals surface area contributed by atoms with Gasteiger partial charge in [0.05, 0.1) is 0 Å². The van der Waals surface area contributed by atoms with Gasteiger partial charge in [0.15, 0.2) is 5.75 Å². The molecule has 0 atom stereocenters. The molecule has 0 saturated carbocycles. The van der Waals surface area contributed by atoms with E-state index in [1.165, 1.54) is 6.20 Å². The second kappa shape index (κ2) is 3.10. The van der Waals surface area contributed by atoms with Crippen molar-refractivity contribution in [3.63, 3.8) is 0 Å². The second-order valence-corrected chi connectivity index (χ2v) is 3.14. The molecule has 0 saturated heterocycles. The van der Waals surface area contributed by atoms with E-state index in [2.05, 4.69) is 9.17 Å². The number of fused-ring (bicyclic) bond motifs is 1. The Morgan fingerprint density at radius 1 is 1.23 bits per heavy atom. The van der Waals surface area contributed by atoms with Gasteiger partial charge >= 0.3 is 0 Å². The fraction of sp³-hybridized carbons (Fsp3) is 0. The molecule has 0 fully saturated rings. The largest absolute Gasteiger partial charge is 0.382 e. The Balaban J connectivity index is 2.57. The van der Waals surface area contributed by atoms with Crippen LogP contribution >= 0.6 is 0 Å². The maximum atomic E-state index is 10.3. The molecule has 5 heteroatoms. The molecule has 0 aliphatic heterocycles. The maximum absolute atomic E-state index is 10.3. The number of rotatable bonds is 2. The lowest BCUT2D eigenvalue weighted by Crippen LogP contribution is -1.87. The van der Waals surface area contributed by atoms with Crippen LogP contribution in [-0.2, 0) is 11.0 Å². The van der Waals surface area contributed by atoms with Gasteiger partial charge in [0.2, 0.25) is 0 Å². The van der Waals surface area contributed by atoms with E-state index in [0.29, 0.717) is 5.75 Å². The summed E-state index contributed by atoms with van der Waals surface area (Å²) in [5, 5.41) is 0.765. The third-order valence-electron chi connectivity index (χ3n) is 1.72. The Kier molecular flexibility index (Phi) is 1.94. The number of aromatic nitrogens is 1. The third kappa shape index (κ3) is 1.50. The van der Waals surface area contributed by atoms with Crippen molar-refractivity contribution >= 4 is 21.9 Å². The van der Waals surface area contributed by atoms with Crippen molar-refractivity contribution in [1.82, 2.24) is 4.98 Å². The van der Waals surface area contributed by atoms with Crippen LogP contribution in [0, 0.1) is 0 Å². The van der Waals surface area contributed by atoms with Gasteiger partial charge in [-0.1, -0.05) is 12.1 Å². The predicted octanol–water partition coefficient (Wildman–Crippen LogP) is 1.07. The number of thiol groups is 1. The Hall–Kier alpha value is -1.49. The van der Waals surface area contributed by atoms with E-state index in [1.807, 2.05) is 18.2 Å². The summed E-state index contributed by atoms with van der Waals surface area (Å²) in [4.78, 5) is 2.90. The molecule has 0 spiro atoms. The SMILES string of the molecule is O=[SH](=O)Oc1c[nH]c2ccccc12. The highest BCUT2D eigenvalue weighted by molar-refractivity contribution is 7.67. The van der Waals surface area contributed by atoms with Gasteiger partial charge in [0, 0.05) is 17.1 Å². The van der Waals surface area contributed by atoms with E-state index >= 15 is 0 Å². The van der Waals surface area contributed by atoms with Crippen molar-refractivity contribution in [1.29, 1.82) is 0 Å². The summed E-state index contributed by atoms with van der Waals surface area (Å²) in [7, 11) is -2.84. The molecule has 1 heterocycles. The highest BCUT2D eigenvalue weighted by atomic mass is 32.2. The van der Waals surface area contributed by atoms with Crippen molar-refractivity contribution in [2.45, 2.75) is 0 Å². The first kappa shape index (κ1) is 8.12. The number of nitrogens with one attached hydrogen (secondary N) is 1. The highest BCUT2D eigenvalue weighted by Crippen LogP contribution is 2.24. The molecule has 0 unspecified atom stereocenters. The number of H-pyrrole nitrogens is 1. The highest BCUT2D eigenvalue weighted by Gasteiger charge is 2.03. The zero-order chi connectivity index (χ0) is 9.26. The summed E-state index contributed by atoms with van der Waals surface area (Å²) in [5.41, 5.74) is 0.856. The zero-order valence-electron chi connectivity index (χ0n) is 6.56. The fourth-order valence-corrected chi connectivity index (χ4v) is 1.51. The molecule has 1 aromatic carbocycles. The predicted molar refractivity (Wildman–Crippen MR) is 49.2 cm³/mol. The van der Waals surface area contributed by atoms with Gasteiger partial charge in [-0.2, -0.15) is 8.42 Å². The van der Waals surface area contributed by atoms with E-state index in [0.717, 1.165) is 10.9 Å². The normalized spacial score (nSPS) is 10.8. The topological polar surface area (TPSA) is 59.2 Å². The summed E-state index contributed by atoms with van der Waals surface area (Å²) in [5.74, 6) is 0.340. The van der Waals surface area contributed by atoms with Crippen LogP contribution in [0.4, 0.5) is 0 Å². The van der Waals surface area contributed by atoms with Crippen LogP contribution in [0.15, 0.2) is 30.5 Å². The quantitative estimate of drug-likeness (QED) is 0.708. The Labute approximate surface area is 76.3 Å². The van der Waals surface area contributed by atoms with Crippen LogP contribution in [0.25, 0.3) is 10.9 Å². The van der Waals surface area contributed by atoms with Crippen LogP contribution in [-0.4, -0.2) is 13.4 Å². The standard InChI is InChI=1S/C8H7NO3S/c10-13(11)12-8-5-9-7-4-2-1-3-6(7)8/h1-5,9,13H. The first-order valence-corrected chi connectivity index (χ1v) is 4.75. The van der Waals surface area contributed by atoms with Crippen molar-refractivity contribution in [2.75, 3.05) is 0 Å². The maximum Gasteiger partial charge on any atom is 0.299 e. The molecule has 13 heavy (non-hydrogen) atoms. The molecule has 0 aliphatic carbocycles. The molecular formula is C8H7NO3S. The van der Waals surface area contributed by atoms with Crippen LogP contribution in [0.3, 0.4) is 0 Å². The summed E-state index contributed by atoms with van der Waals surface area (Å²) < 4.78 is 25.2. The summed E-state index contributed by atoms with van der Waals surface area (Å²) in [6, 6.07) is 7.32. The van der Waals surface area contributed by atoms with Crippen LogP contribution in [0.1, 0.15) is 0 Å². The summed E-state index contributed by atoms with van der Waals surface area (Å²) in [6.45, 7) is 0. The Morgan fingerprint density at radius 3 is 2.77 bits per heavy atom. The number of para-hydroxylation sites is 1. The van der Waals surface area contributed by atoms with E-state index in [1.54, 1.807) is 6.07 Å². The van der Waals surface area contributed by atoms with Gasteiger partial charge < -0.3 is 9.17 Å². The molecule has 1 aromatic heterocycles. The molecule has 0 amide bonds. The van der Waals surface area contributed by atoms with Crippen molar-refractivity contribution < 1.29 is 12.6 Å². The lowest BCUT2D eigenvalue weighted by atomic mass is 10.2. The zero-order valence-corrected chi connectivity index (χ0v) is 7.45. The third-order valence-corrected chi connectivity index (χ3v) is 2.07. The van der Waals surface area contributed by atoms with Gasteiger partial charge in [-0.3, -0.25) is 0 Å².